The summed E-state index contributed by atoms with van der Waals surface area (Å²) in [5.41, 5.74) is -0.838. The lowest BCUT2D eigenvalue weighted by Gasteiger charge is -2.54. The number of hydrogen-bond acceptors (Lipinski definition) is 5. The van der Waals surface area contributed by atoms with Gasteiger partial charge in [-0.25, -0.2) is 8.42 Å². The first-order chi connectivity index (χ1) is 15.5. The predicted octanol–water partition coefficient (Wildman–Crippen LogP) is 4.01. The Morgan fingerprint density at radius 3 is 1.82 bits per heavy atom. The van der Waals surface area contributed by atoms with Gasteiger partial charge in [0.25, 0.3) is 0 Å². The fourth-order valence-corrected chi connectivity index (χ4v) is 7.35. The first kappa shape index (κ1) is 25.7. The Kier molecular flexibility index (Phi) is 6.10. The topological polar surface area (TPSA) is 81.7 Å². The van der Waals surface area contributed by atoms with Gasteiger partial charge >= 0.3 is 7.12 Å². The first-order valence-electron chi connectivity index (χ1n) is 12.5. The highest BCUT2D eigenvalue weighted by Gasteiger charge is 2.53. The number of amides is 1. The van der Waals surface area contributed by atoms with Gasteiger partial charge in [-0.1, -0.05) is 32.9 Å². The Labute approximate surface area is 205 Å². The average molecular weight is 489 g/mol. The summed E-state index contributed by atoms with van der Waals surface area (Å²) in [6, 6.07) is 6.99. The van der Waals surface area contributed by atoms with E-state index in [9.17, 15) is 13.2 Å². The van der Waals surface area contributed by atoms with Crippen molar-refractivity contribution in [2.24, 2.45) is 10.8 Å². The standard InChI is InChI=1S/C26H40BNO5S/c1-22(2,3)21(29)28-26-15-12-25(13-16-26,14-17-26)18-34(30,31)20-10-8-19(9-11-20)27-32-23(4,5)24(6,7)33-27/h8-11H,12-18H2,1-7H3,(H,28,29). The highest BCUT2D eigenvalue weighted by atomic mass is 32.2. The molecular weight excluding hydrogens is 449 g/mol. The van der Waals surface area contributed by atoms with Crippen LogP contribution in [0.5, 0.6) is 0 Å². The predicted molar refractivity (Wildman–Crippen MR) is 135 cm³/mol. The van der Waals surface area contributed by atoms with E-state index in [1.165, 1.54) is 0 Å². The molecule has 1 amide bonds. The number of benzene rings is 1. The lowest BCUT2D eigenvalue weighted by Crippen LogP contribution is -2.59. The van der Waals surface area contributed by atoms with E-state index >= 15 is 0 Å². The molecule has 1 saturated heterocycles. The number of nitrogens with one attached hydrogen (secondary N) is 1. The van der Waals surface area contributed by atoms with Gasteiger partial charge in [-0.05, 0) is 89.2 Å². The number of fused-ring (bicyclic) bond motifs is 3. The van der Waals surface area contributed by atoms with E-state index < -0.39 is 33.6 Å². The molecule has 1 aliphatic heterocycles. The SMILES string of the molecule is CC(C)(C)C(=O)NC12CCC(CS(=O)(=O)c3ccc(B4OC(C)(C)C(C)(C)O4)cc3)(CC1)CC2. The molecule has 1 aromatic carbocycles. The van der Waals surface area contributed by atoms with Crippen molar-refractivity contribution in [3.8, 4) is 0 Å². The Bertz CT molecular complexity index is 1020. The molecule has 4 fully saturated rings. The highest BCUT2D eigenvalue weighted by Crippen LogP contribution is 2.53. The van der Waals surface area contributed by atoms with Crippen LogP contribution in [0.15, 0.2) is 29.2 Å². The van der Waals surface area contributed by atoms with Crippen LogP contribution in [-0.2, 0) is 23.9 Å². The van der Waals surface area contributed by atoms with E-state index in [-0.39, 0.29) is 22.6 Å². The van der Waals surface area contributed by atoms with E-state index in [4.69, 9.17) is 9.31 Å². The third-order valence-corrected chi connectivity index (χ3v) is 10.7. The molecule has 5 rings (SSSR count). The van der Waals surface area contributed by atoms with Gasteiger partial charge in [0.1, 0.15) is 0 Å². The van der Waals surface area contributed by atoms with Crippen LogP contribution in [-0.4, -0.2) is 43.9 Å². The maximum Gasteiger partial charge on any atom is 0.494 e. The number of rotatable bonds is 5. The lowest BCUT2D eigenvalue weighted by atomic mass is 9.58. The van der Waals surface area contributed by atoms with Crippen molar-refractivity contribution in [1.29, 1.82) is 0 Å². The molecule has 0 radical (unpaired) electrons. The van der Waals surface area contributed by atoms with Crippen LogP contribution in [0.2, 0.25) is 0 Å². The molecule has 1 N–H and O–H groups in total. The Balaban J connectivity index is 1.42. The molecule has 4 aliphatic rings. The molecule has 0 aromatic heterocycles. The maximum atomic E-state index is 13.4. The van der Waals surface area contributed by atoms with Crippen LogP contribution in [0.3, 0.4) is 0 Å². The molecule has 3 saturated carbocycles. The third kappa shape index (κ3) is 4.70. The minimum atomic E-state index is -3.43. The summed E-state index contributed by atoms with van der Waals surface area (Å²) >= 11 is 0. The minimum absolute atomic E-state index is 0.0802. The smallest absolute Gasteiger partial charge is 0.399 e. The zero-order valence-electron chi connectivity index (χ0n) is 21.8. The quantitative estimate of drug-likeness (QED) is 0.632. The largest absolute Gasteiger partial charge is 0.494 e. The summed E-state index contributed by atoms with van der Waals surface area (Å²) in [5.74, 6) is 0.246. The summed E-state index contributed by atoms with van der Waals surface area (Å²) < 4.78 is 38.9. The second kappa shape index (κ2) is 8.07. The third-order valence-electron chi connectivity index (χ3n) is 8.72. The fourth-order valence-electron chi connectivity index (χ4n) is 5.39. The summed E-state index contributed by atoms with van der Waals surface area (Å²) in [6.07, 6.45) is 5.07. The Hall–Kier alpha value is -1.38. The summed E-state index contributed by atoms with van der Waals surface area (Å²) in [4.78, 5) is 12.9. The minimum Gasteiger partial charge on any atom is -0.399 e. The maximum absolute atomic E-state index is 13.4. The summed E-state index contributed by atoms with van der Waals surface area (Å²) in [6.45, 7) is 13.8. The number of carbonyl (C=O) groups is 1. The zero-order valence-corrected chi connectivity index (χ0v) is 22.6. The van der Waals surface area contributed by atoms with Gasteiger partial charge in [0.15, 0.2) is 9.84 Å². The van der Waals surface area contributed by atoms with Crippen LogP contribution >= 0.6 is 0 Å². The molecule has 2 bridgehead atoms. The molecule has 34 heavy (non-hydrogen) atoms. The lowest BCUT2D eigenvalue weighted by molar-refractivity contribution is -0.132. The van der Waals surface area contributed by atoms with Crippen molar-refractivity contribution in [2.45, 2.75) is 109 Å². The normalized spacial score (nSPS) is 30.4. The molecule has 188 valence electrons. The zero-order chi connectivity index (χ0) is 25.2. The molecule has 6 nitrogen and oxygen atoms in total. The van der Waals surface area contributed by atoms with Gasteiger partial charge in [-0.3, -0.25) is 4.79 Å². The average Bonchev–Trinajstić information content (AvgIpc) is 2.95. The molecule has 0 spiro atoms. The molecular formula is C26H40BNO5S. The molecule has 3 aliphatic carbocycles. The van der Waals surface area contributed by atoms with Gasteiger partial charge in [0.05, 0.1) is 21.9 Å². The van der Waals surface area contributed by atoms with E-state index in [2.05, 4.69) is 5.32 Å². The monoisotopic (exact) mass is 489 g/mol. The van der Waals surface area contributed by atoms with E-state index in [0.29, 0.717) is 4.90 Å². The number of sulfone groups is 1. The molecule has 1 heterocycles. The molecule has 0 unspecified atom stereocenters. The van der Waals surface area contributed by atoms with E-state index in [0.717, 1.165) is 44.0 Å². The molecule has 1 aromatic rings. The van der Waals surface area contributed by atoms with Crippen molar-refractivity contribution >= 4 is 28.3 Å². The summed E-state index contributed by atoms with van der Waals surface area (Å²) in [7, 11) is -3.93. The van der Waals surface area contributed by atoms with Crippen LogP contribution < -0.4 is 10.8 Å². The van der Waals surface area contributed by atoms with Crippen molar-refractivity contribution in [3.63, 3.8) is 0 Å². The first-order valence-corrected chi connectivity index (χ1v) is 14.1. The van der Waals surface area contributed by atoms with E-state index in [1.54, 1.807) is 12.1 Å². The van der Waals surface area contributed by atoms with Gasteiger partial charge in [0.2, 0.25) is 5.91 Å². The van der Waals surface area contributed by atoms with Crippen LogP contribution in [0.25, 0.3) is 0 Å². The molecule has 8 heteroatoms. The van der Waals surface area contributed by atoms with Crippen LogP contribution in [0.1, 0.15) is 87.0 Å². The van der Waals surface area contributed by atoms with Gasteiger partial charge in [0, 0.05) is 11.0 Å². The Morgan fingerprint density at radius 2 is 1.38 bits per heavy atom. The van der Waals surface area contributed by atoms with Crippen molar-refractivity contribution in [2.75, 3.05) is 5.75 Å². The van der Waals surface area contributed by atoms with Gasteiger partial charge < -0.3 is 14.6 Å². The fraction of sp³-hybridized carbons (Fsp3) is 0.731. The number of hydrogen-bond donors (Lipinski definition) is 1. The second-order valence-electron chi connectivity index (χ2n) is 12.9. The Morgan fingerprint density at radius 1 is 0.912 bits per heavy atom. The number of carbonyl (C=O) groups excluding carboxylic acids is 1. The van der Waals surface area contributed by atoms with Crippen molar-refractivity contribution in [1.82, 2.24) is 5.32 Å². The van der Waals surface area contributed by atoms with E-state index in [1.807, 2.05) is 60.6 Å². The summed E-state index contributed by atoms with van der Waals surface area (Å²) in [5, 5.41) is 3.30. The second-order valence-corrected chi connectivity index (χ2v) is 14.9. The molecule has 0 atom stereocenters. The van der Waals surface area contributed by atoms with Crippen molar-refractivity contribution < 1.29 is 22.5 Å². The van der Waals surface area contributed by atoms with Gasteiger partial charge in [-0.2, -0.15) is 0 Å². The van der Waals surface area contributed by atoms with Crippen molar-refractivity contribution in [3.05, 3.63) is 24.3 Å². The highest BCUT2D eigenvalue weighted by molar-refractivity contribution is 7.91. The van der Waals surface area contributed by atoms with Gasteiger partial charge in [-0.15, -0.1) is 0 Å². The van der Waals surface area contributed by atoms with Crippen LogP contribution in [0, 0.1) is 10.8 Å². The van der Waals surface area contributed by atoms with Crippen LogP contribution in [0.4, 0.5) is 0 Å².